The fraction of sp³-hybridized carbons (Fsp3) is 0.591. The van der Waals surface area contributed by atoms with E-state index in [-0.39, 0.29) is 11.9 Å². The van der Waals surface area contributed by atoms with Crippen LogP contribution in [0.4, 0.5) is 0 Å². The van der Waals surface area contributed by atoms with Gasteiger partial charge in [0.2, 0.25) is 5.91 Å². The van der Waals surface area contributed by atoms with Gasteiger partial charge in [0.25, 0.3) is 0 Å². The van der Waals surface area contributed by atoms with Gasteiger partial charge in [-0.05, 0) is 24.8 Å². The van der Waals surface area contributed by atoms with Crippen molar-refractivity contribution in [3.8, 4) is 0 Å². The Bertz CT molecular complexity index is 686. The molecule has 1 saturated carbocycles. The van der Waals surface area contributed by atoms with E-state index in [4.69, 9.17) is 0 Å². The average molecular weight is 386 g/mol. The Hall–Kier alpha value is -2.37. The van der Waals surface area contributed by atoms with Crippen molar-refractivity contribution in [2.45, 2.75) is 64.0 Å². The Labute approximate surface area is 167 Å². The highest BCUT2D eigenvalue weighted by atomic mass is 16.2. The van der Waals surface area contributed by atoms with Gasteiger partial charge in [-0.15, -0.1) is 0 Å². The van der Waals surface area contributed by atoms with Crippen LogP contribution in [0.25, 0.3) is 0 Å². The minimum atomic E-state index is -0.757. The van der Waals surface area contributed by atoms with E-state index in [0.717, 1.165) is 44.1 Å². The van der Waals surface area contributed by atoms with Crippen LogP contribution in [0, 0.1) is 0 Å². The lowest BCUT2D eigenvalue weighted by Crippen LogP contribution is -2.58. The van der Waals surface area contributed by atoms with Crippen molar-refractivity contribution in [1.82, 2.24) is 15.1 Å². The van der Waals surface area contributed by atoms with Crippen LogP contribution in [0.1, 0.15) is 63.5 Å². The number of nitrogens with zero attached hydrogens (tertiary/aromatic N) is 2. The lowest BCUT2D eigenvalue weighted by atomic mass is 9.94. The highest BCUT2D eigenvalue weighted by Gasteiger charge is 2.40. The number of hydrogen-bond donors (Lipinski definition) is 1. The van der Waals surface area contributed by atoms with Crippen molar-refractivity contribution in [1.29, 1.82) is 0 Å². The zero-order valence-electron chi connectivity index (χ0n) is 16.7. The quantitative estimate of drug-likeness (QED) is 0.734. The topological polar surface area (TPSA) is 69.7 Å². The maximum absolute atomic E-state index is 13.2. The summed E-state index contributed by atoms with van der Waals surface area (Å²) in [6.45, 7) is 3.51. The number of benzene rings is 1. The van der Waals surface area contributed by atoms with Gasteiger partial charge in [-0.1, -0.05) is 62.9 Å². The molecule has 0 spiro atoms. The van der Waals surface area contributed by atoms with Crippen molar-refractivity contribution >= 4 is 17.7 Å². The van der Waals surface area contributed by atoms with Gasteiger partial charge >= 0.3 is 11.8 Å². The second-order valence-corrected chi connectivity index (χ2v) is 7.80. The largest absolute Gasteiger partial charge is 0.351 e. The number of carbonyl (C=O) groups is 3. The molecule has 1 heterocycles. The van der Waals surface area contributed by atoms with Gasteiger partial charge < -0.3 is 15.1 Å². The first-order valence-electron chi connectivity index (χ1n) is 10.6. The van der Waals surface area contributed by atoms with Gasteiger partial charge in [0.15, 0.2) is 0 Å². The second kappa shape index (κ2) is 9.71. The highest BCUT2D eigenvalue weighted by molar-refractivity contribution is 6.35. The standard InChI is InChI=1S/C22H31N3O3/c1-2-3-14-24-15-16-25(22(28)21(24)27)19(17-10-6-4-7-11-17)20(26)23-18-12-8-5-9-13-18/h4,6-7,10-11,18-19H,2-3,5,8-9,12-16H2,1H3,(H,23,26)/t19-/m1/s1. The Morgan fingerprint density at radius 3 is 2.46 bits per heavy atom. The third kappa shape index (κ3) is 4.72. The third-order valence-corrected chi connectivity index (χ3v) is 5.75. The SMILES string of the molecule is CCCCN1CCN([C@@H](C(=O)NC2CCCCC2)c2ccccc2)C(=O)C1=O. The van der Waals surface area contributed by atoms with E-state index in [0.29, 0.717) is 19.6 Å². The van der Waals surface area contributed by atoms with E-state index in [1.807, 2.05) is 30.3 Å². The molecule has 28 heavy (non-hydrogen) atoms. The number of unbranched alkanes of at least 4 members (excludes halogenated alkanes) is 1. The molecule has 3 amide bonds. The highest BCUT2D eigenvalue weighted by Crippen LogP contribution is 2.25. The number of amides is 3. The summed E-state index contributed by atoms with van der Waals surface area (Å²) >= 11 is 0. The molecular formula is C22H31N3O3. The molecule has 152 valence electrons. The molecule has 6 nitrogen and oxygen atoms in total. The number of hydrogen-bond acceptors (Lipinski definition) is 3. The van der Waals surface area contributed by atoms with Crippen molar-refractivity contribution in [3.63, 3.8) is 0 Å². The smallest absolute Gasteiger partial charge is 0.313 e. The number of nitrogens with one attached hydrogen (secondary N) is 1. The predicted molar refractivity (Wildman–Crippen MR) is 107 cm³/mol. The van der Waals surface area contributed by atoms with E-state index in [1.54, 1.807) is 4.90 Å². The average Bonchev–Trinajstić information content (AvgIpc) is 2.72. The monoisotopic (exact) mass is 385 g/mol. The van der Waals surface area contributed by atoms with E-state index >= 15 is 0 Å². The fourth-order valence-corrected chi connectivity index (χ4v) is 4.13. The van der Waals surface area contributed by atoms with Crippen LogP contribution in [-0.2, 0) is 14.4 Å². The first-order valence-corrected chi connectivity index (χ1v) is 10.6. The molecule has 0 unspecified atom stereocenters. The minimum Gasteiger partial charge on any atom is -0.351 e. The summed E-state index contributed by atoms with van der Waals surface area (Å²) in [7, 11) is 0. The lowest BCUT2D eigenvalue weighted by molar-refractivity contribution is -0.159. The van der Waals surface area contributed by atoms with Crippen LogP contribution in [-0.4, -0.2) is 53.2 Å². The molecular weight excluding hydrogens is 354 g/mol. The summed E-state index contributed by atoms with van der Waals surface area (Å²) in [5.74, 6) is -1.25. The molecule has 0 bridgehead atoms. The van der Waals surface area contributed by atoms with Gasteiger partial charge in [0.05, 0.1) is 0 Å². The Balaban J connectivity index is 1.78. The molecule has 1 aliphatic heterocycles. The van der Waals surface area contributed by atoms with Crippen LogP contribution in [0.5, 0.6) is 0 Å². The van der Waals surface area contributed by atoms with Gasteiger partial charge in [0.1, 0.15) is 6.04 Å². The van der Waals surface area contributed by atoms with Crippen molar-refractivity contribution < 1.29 is 14.4 Å². The zero-order chi connectivity index (χ0) is 19.9. The molecule has 2 fully saturated rings. The first-order chi connectivity index (χ1) is 13.6. The Morgan fingerprint density at radius 1 is 1.07 bits per heavy atom. The minimum absolute atomic E-state index is 0.157. The van der Waals surface area contributed by atoms with E-state index < -0.39 is 17.9 Å². The van der Waals surface area contributed by atoms with Crippen molar-refractivity contribution in [3.05, 3.63) is 35.9 Å². The molecule has 2 aliphatic rings. The first kappa shape index (κ1) is 20.4. The number of rotatable bonds is 7. The number of piperazine rings is 1. The Morgan fingerprint density at radius 2 is 1.79 bits per heavy atom. The summed E-state index contributed by atoms with van der Waals surface area (Å²) in [6.07, 6.45) is 7.25. The third-order valence-electron chi connectivity index (χ3n) is 5.75. The molecule has 0 radical (unpaired) electrons. The molecule has 6 heteroatoms. The van der Waals surface area contributed by atoms with Gasteiger partial charge in [-0.25, -0.2) is 0 Å². The van der Waals surface area contributed by atoms with Crippen molar-refractivity contribution in [2.24, 2.45) is 0 Å². The lowest BCUT2D eigenvalue weighted by Gasteiger charge is -2.38. The second-order valence-electron chi connectivity index (χ2n) is 7.80. The number of carbonyl (C=O) groups excluding carboxylic acids is 3. The van der Waals surface area contributed by atoms with Gasteiger partial charge in [-0.3, -0.25) is 14.4 Å². The van der Waals surface area contributed by atoms with Crippen LogP contribution < -0.4 is 5.32 Å². The summed E-state index contributed by atoms with van der Waals surface area (Å²) in [5, 5.41) is 3.14. The molecule has 1 aliphatic carbocycles. The summed E-state index contributed by atoms with van der Waals surface area (Å²) in [6, 6.07) is 8.71. The molecule has 1 aromatic rings. The van der Waals surface area contributed by atoms with E-state index in [9.17, 15) is 14.4 Å². The van der Waals surface area contributed by atoms with E-state index in [1.165, 1.54) is 11.3 Å². The van der Waals surface area contributed by atoms with E-state index in [2.05, 4.69) is 12.2 Å². The maximum Gasteiger partial charge on any atom is 0.313 e. The molecule has 3 rings (SSSR count). The summed E-state index contributed by atoms with van der Waals surface area (Å²) in [4.78, 5) is 41.7. The van der Waals surface area contributed by atoms with Crippen LogP contribution in [0.3, 0.4) is 0 Å². The summed E-state index contributed by atoms with van der Waals surface area (Å²) < 4.78 is 0. The molecule has 1 N–H and O–H groups in total. The van der Waals surface area contributed by atoms with Crippen LogP contribution in [0.2, 0.25) is 0 Å². The normalized spacial score (nSPS) is 19.6. The Kier molecular flexibility index (Phi) is 7.06. The zero-order valence-corrected chi connectivity index (χ0v) is 16.7. The van der Waals surface area contributed by atoms with Crippen LogP contribution >= 0.6 is 0 Å². The summed E-state index contributed by atoms with van der Waals surface area (Å²) in [5.41, 5.74) is 0.749. The van der Waals surface area contributed by atoms with Crippen molar-refractivity contribution in [2.75, 3.05) is 19.6 Å². The maximum atomic E-state index is 13.2. The molecule has 1 aromatic carbocycles. The molecule has 1 atom stereocenters. The van der Waals surface area contributed by atoms with Crippen LogP contribution in [0.15, 0.2) is 30.3 Å². The van der Waals surface area contributed by atoms with Gasteiger partial charge in [0, 0.05) is 25.7 Å². The van der Waals surface area contributed by atoms with Gasteiger partial charge in [-0.2, -0.15) is 0 Å². The molecule has 0 aromatic heterocycles. The molecule has 1 saturated heterocycles. The predicted octanol–water partition coefficient (Wildman–Crippen LogP) is 2.65. The fourth-order valence-electron chi connectivity index (χ4n) is 4.13.